The monoisotopic (exact) mass is 381 g/mol. The second kappa shape index (κ2) is 8.09. The fourth-order valence-corrected chi connectivity index (χ4v) is 2.58. The molecule has 0 spiro atoms. The van der Waals surface area contributed by atoms with Crippen molar-refractivity contribution in [2.24, 2.45) is 0 Å². The molecule has 1 heterocycles. The van der Waals surface area contributed by atoms with E-state index in [-0.39, 0.29) is 30.3 Å². The number of nitro benzene ring substituents is 1. The van der Waals surface area contributed by atoms with E-state index in [9.17, 15) is 20.2 Å². The molecule has 0 radical (unpaired) electrons. The number of fused-ring (bicyclic) bond motifs is 1. The Balaban J connectivity index is 1.73. The summed E-state index contributed by atoms with van der Waals surface area (Å²) in [5, 5.41) is 23.0. The first kappa shape index (κ1) is 18.7. The van der Waals surface area contributed by atoms with Crippen LogP contribution in [0.1, 0.15) is 11.1 Å². The molecule has 1 N–H and O–H groups in total. The normalized spacial score (nSPS) is 12.2. The van der Waals surface area contributed by atoms with Crippen LogP contribution in [0.2, 0.25) is 0 Å². The standard InChI is InChI=1S/C19H15N3O6/c1-26-16-4-2-12(7-15(16)22(24)25)6-14(9-20)19(23)21-10-13-3-5-17-18(8-13)28-11-27-17/h2-8H,10-11H2,1H3,(H,21,23). The topological polar surface area (TPSA) is 124 Å². The lowest BCUT2D eigenvalue weighted by Gasteiger charge is -2.06. The predicted octanol–water partition coefficient (Wildman–Crippen LogP) is 2.56. The summed E-state index contributed by atoms with van der Waals surface area (Å²) in [6.07, 6.45) is 1.28. The van der Waals surface area contributed by atoms with Gasteiger partial charge in [0.1, 0.15) is 11.6 Å². The Bertz CT molecular complexity index is 1010. The molecule has 0 saturated heterocycles. The molecule has 0 fully saturated rings. The van der Waals surface area contributed by atoms with Crippen LogP contribution in [0.5, 0.6) is 17.2 Å². The fourth-order valence-electron chi connectivity index (χ4n) is 2.58. The van der Waals surface area contributed by atoms with E-state index in [4.69, 9.17) is 14.2 Å². The Hall–Kier alpha value is -4.06. The van der Waals surface area contributed by atoms with E-state index in [0.717, 1.165) is 5.56 Å². The summed E-state index contributed by atoms with van der Waals surface area (Å²) in [5.74, 6) is 0.716. The molecule has 1 amide bonds. The first-order valence-electron chi connectivity index (χ1n) is 8.12. The highest BCUT2D eigenvalue weighted by Crippen LogP contribution is 2.32. The third-order valence-electron chi connectivity index (χ3n) is 3.97. The summed E-state index contributed by atoms with van der Waals surface area (Å²) in [6.45, 7) is 0.331. The number of nitrogens with one attached hydrogen (secondary N) is 1. The number of nitrogens with zero attached hydrogens (tertiary/aromatic N) is 2. The highest BCUT2D eigenvalue weighted by molar-refractivity contribution is 6.01. The van der Waals surface area contributed by atoms with Crippen LogP contribution in [0.4, 0.5) is 5.69 Å². The lowest BCUT2D eigenvalue weighted by Crippen LogP contribution is -2.23. The van der Waals surface area contributed by atoms with Crippen molar-refractivity contribution in [3.63, 3.8) is 0 Å². The minimum atomic E-state index is -0.598. The van der Waals surface area contributed by atoms with Gasteiger partial charge in [0.2, 0.25) is 6.79 Å². The van der Waals surface area contributed by atoms with Crippen LogP contribution in [0.15, 0.2) is 42.0 Å². The maximum absolute atomic E-state index is 12.3. The summed E-state index contributed by atoms with van der Waals surface area (Å²) in [5.41, 5.74) is 0.673. The van der Waals surface area contributed by atoms with Crippen LogP contribution in [-0.4, -0.2) is 24.7 Å². The van der Waals surface area contributed by atoms with Crippen LogP contribution in [0, 0.1) is 21.4 Å². The molecule has 142 valence electrons. The number of carbonyl (C=O) groups excluding carboxylic acids is 1. The first-order chi connectivity index (χ1) is 13.5. The van der Waals surface area contributed by atoms with Crippen molar-refractivity contribution in [1.82, 2.24) is 5.32 Å². The molecule has 2 aromatic carbocycles. The average molecular weight is 381 g/mol. The average Bonchev–Trinajstić information content (AvgIpc) is 3.17. The molecule has 3 rings (SSSR count). The molecule has 1 aliphatic rings. The number of methoxy groups -OCH3 is 1. The number of hydrogen-bond acceptors (Lipinski definition) is 7. The van der Waals surface area contributed by atoms with Crippen molar-refractivity contribution < 1.29 is 23.9 Å². The van der Waals surface area contributed by atoms with Crippen molar-refractivity contribution in [3.05, 3.63) is 63.2 Å². The van der Waals surface area contributed by atoms with Crippen molar-refractivity contribution >= 4 is 17.7 Å². The number of nitriles is 1. The van der Waals surface area contributed by atoms with Crippen molar-refractivity contribution in [1.29, 1.82) is 5.26 Å². The van der Waals surface area contributed by atoms with Gasteiger partial charge < -0.3 is 19.5 Å². The third-order valence-corrected chi connectivity index (χ3v) is 3.97. The summed E-state index contributed by atoms with van der Waals surface area (Å²) in [6, 6.07) is 11.2. The van der Waals surface area contributed by atoms with Crippen LogP contribution < -0.4 is 19.5 Å². The minimum absolute atomic E-state index is 0.0907. The van der Waals surface area contributed by atoms with Gasteiger partial charge in [0.25, 0.3) is 5.91 Å². The van der Waals surface area contributed by atoms with Gasteiger partial charge in [-0.2, -0.15) is 5.26 Å². The minimum Gasteiger partial charge on any atom is -0.490 e. The zero-order valence-electron chi connectivity index (χ0n) is 14.8. The summed E-state index contributed by atoms with van der Waals surface area (Å²) in [4.78, 5) is 22.8. The van der Waals surface area contributed by atoms with Gasteiger partial charge >= 0.3 is 5.69 Å². The molecule has 0 bridgehead atoms. The van der Waals surface area contributed by atoms with Crippen LogP contribution >= 0.6 is 0 Å². The SMILES string of the molecule is COc1ccc(C=C(C#N)C(=O)NCc2ccc3c(c2)OCO3)cc1[N+](=O)[O-]. The van der Waals surface area contributed by atoms with E-state index in [0.29, 0.717) is 17.1 Å². The Labute approximate surface area is 159 Å². The molecule has 2 aromatic rings. The van der Waals surface area contributed by atoms with Gasteiger partial charge in [0, 0.05) is 12.6 Å². The van der Waals surface area contributed by atoms with Crippen molar-refractivity contribution in [3.8, 4) is 23.3 Å². The van der Waals surface area contributed by atoms with E-state index in [2.05, 4.69) is 5.32 Å². The summed E-state index contributed by atoms with van der Waals surface area (Å²) in [7, 11) is 1.32. The van der Waals surface area contributed by atoms with Gasteiger partial charge in [-0.15, -0.1) is 0 Å². The van der Waals surface area contributed by atoms with E-state index >= 15 is 0 Å². The fraction of sp³-hybridized carbons (Fsp3) is 0.158. The zero-order valence-corrected chi connectivity index (χ0v) is 14.8. The van der Waals surface area contributed by atoms with Gasteiger partial charge in [0.15, 0.2) is 17.2 Å². The molecule has 9 nitrogen and oxygen atoms in total. The maximum atomic E-state index is 12.3. The molecule has 9 heteroatoms. The Morgan fingerprint density at radius 1 is 1.32 bits per heavy atom. The molecule has 0 saturated carbocycles. The van der Waals surface area contributed by atoms with Gasteiger partial charge in [-0.3, -0.25) is 14.9 Å². The van der Waals surface area contributed by atoms with Gasteiger partial charge in [-0.05, 0) is 35.4 Å². The second-order valence-electron chi connectivity index (χ2n) is 5.73. The lowest BCUT2D eigenvalue weighted by atomic mass is 10.1. The van der Waals surface area contributed by atoms with E-state index in [1.54, 1.807) is 18.2 Å². The number of rotatable bonds is 6. The summed E-state index contributed by atoms with van der Waals surface area (Å²) < 4.78 is 15.4. The molecule has 0 aliphatic carbocycles. The van der Waals surface area contributed by atoms with Crippen molar-refractivity contribution in [2.45, 2.75) is 6.54 Å². The Kier molecular flexibility index (Phi) is 5.41. The third kappa shape index (κ3) is 4.02. The quantitative estimate of drug-likeness (QED) is 0.353. The van der Waals surface area contributed by atoms with E-state index in [1.165, 1.54) is 31.4 Å². The number of amides is 1. The maximum Gasteiger partial charge on any atom is 0.311 e. The smallest absolute Gasteiger partial charge is 0.311 e. The Morgan fingerprint density at radius 2 is 2.11 bits per heavy atom. The second-order valence-corrected chi connectivity index (χ2v) is 5.73. The number of benzene rings is 2. The highest BCUT2D eigenvalue weighted by Gasteiger charge is 2.17. The largest absolute Gasteiger partial charge is 0.490 e. The summed E-state index contributed by atoms with van der Waals surface area (Å²) >= 11 is 0. The van der Waals surface area contributed by atoms with Gasteiger partial charge in [-0.25, -0.2) is 0 Å². The molecule has 1 aliphatic heterocycles. The number of nitro groups is 1. The molecule has 0 atom stereocenters. The van der Waals surface area contributed by atoms with E-state index < -0.39 is 10.8 Å². The van der Waals surface area contributed by atoms with Gasteiger partial charge in [-0.1, -0.05) is 12.1 Å². The predicted molar refractivity (Wildman–Crippen MR) is 97.7 cm³/mol. The first-order valence-corrected chi connectivity index (χ1v) is 8.12. The molecule has 28 heavy (non-hydrogen) atoms. The molecular formula is C19H15N3O6. The number of hydrogen-bond donors (Lipinski definition) is 1. The van der Waals surface area contributed by atoms with Crippen molar-refractivity contribution in [2.75, 3.05) is 13.9 Å². The zero-order chi connectivity index (χ0) is 20.1. The molecule has 0 unspecified atom stereocenters. The number of ether oxygens (including phenoxy) is 3. The van der Waals surface area contributed by atoms with E-state index in [1.807, 2.05) is 6.07 Å². The van der Waals surface area contributed by atoms with Crippen LogP contribution in [0.25, 0.3) is 6.08 Å². The molecule has 0 aromatic heterocycles. The Morgan fingerprint density at radius 3 is 2.82 bits per heavy atom. The number of carbonyl (C=O) groups is 1. The van der Waals surface area contributed by atoms with Crippen LogP contribution in [-0.2, 0) is 11.3 Å². The highest BCUT2D eigenvalue weighted by atomic mass is 16.7. The van der Waals surface area contributed by atoms with Gasteiger partial charge in [0.05, 0.1) is 12.0 Å². The lowest BCUT2D eigenvalue weighted by molar-refractivity contribution is -0.385. The van der Waals surface area contributed by atoms with Crippen LogP contribution in [0.3, 0.4) is 0 Å². The molecular weight excluding hydrogens is 366 g/mol.